The number of carbonyl (C=O) groups excluding carboxylic acids is 2. The summed E-state index contributed by atoms with van der Waals surface area (Å²) in [4.78, 5) is 24.7. The number of aromatic hydroxyl groups is 1. The quantitative estimate of drug-likeness (QED) is 0.215. The molecule has 3 aromatic rings. The summed E-state index contributed by atoms with van der Waals surface area (Å²) in [6, 6.07) is 17.1. The summed E-state index contributed by atoms with van der Waals surface area (Å²) in [6.07, 6.45) is 1.39. The zero-order valence-electron chi connectivity index (χ0n) is 18.3. The van der Waals surface area contributed by atoms with Crippen molar-refractivity contribution >= 4 is 52.5 Å². The van der Waals surface area contributed by atoms with Crippen LogP contribution in [0.15, 0.2) is 66.2 Å². The van der Waals surface area contributed by atoms with Gasteiger partial charge in [-0.1, -0.05) is 29.3 Å². The van der Waals surface area contributed by atoms with Gasteiger partial charge in [-0.05, 0) is 66.2 Å². The van der Waals surface area contributed by atoms with Crippen LogP contribution in [0.1, 0.15) is 5.56 Å². The topological polar surface area (TPSA) is 121 Å². The van der Waals surface area contributed by atoms with Crippen molar-refractivity contribution in [3.8, 4) is 23.3 Å². The Hall–Kier alpha value is -4.19. The van der Waals surface area contributed by atoms with Gasteiger partial charge in [-0.15, -0.1) is 0 Å². The molecule has 0 aliphatic carbocycles. The first kappa shape index (κ1) is 25.4. The highest BCUT2D eigenvalue weighted by Crippen LogP contribution is 2.29. The van der Waals surface area contributed by atoms with Gasteiger partial charge < -0.3 is 25.2 Å². The number of hydrogen-bond donors (Lipinski definition) is 3. The van der Waals surface area contributed by atoms with Gasteiger partial charge in [-0.3, -0.25) is 9.59 Å². The van der Waals surface area contributed by atoms with Crippen LogP contribution in [-0.2, 0) is 9.59 Å². The van der Waals surface area contributed by atoms with Gasteiger partial charge in [0.1, 0.15) is 17.4 Å². The monoisotopic (exact) mass is 511 g/mol. The third-order valence-electron chi connectivity index (χ3n) is 4.55. The van der Waals surface area contributed by atoms with Crippen molar-refractivity contribution in [2.45, 2.75) is 0 Å². The van der Waals surface area contributed by atoms with Gasteiger partial charge in [-0.25, -0.2) is 0 Å². The number of phenolic OH excluding ortho intramolecular Hbond substituents is 1. The van der Waals surface area contributed by atoms with Crippen LogP contribution >= 0.6 is 23.2 Å². The van der Waals surface area contributed by atoms with Crippen LogP contribution in [-0.4, -0.2) is 30.6 Å². The van der Waals surface area contributed by atoms with Gasteiger partial charge in [0.15, 0.2) is 18.1 Å². The molecule has 0 fully saturated rings. The Bertz CT molecular complexity index is 1320. The average molecular weight is 512 g/mol. The maximum Gasteiger partial charge on any atom is 0.266 e. The van der Waals surface area contributed by atoms with Gasteiger partial charge in [0.25, 0.3) is 11.8 Å². The van der Waals surface area contributed by atoms with E-state index >= 15 is 0 Å². The minimum atomic E-state index is -0.614. The molecule has 0 heterocycles. The largest absolute Gasteiger partial charge is 0.508 e. The molecule has 0 spiro atoms. The second kappa shape index (κ2) is 11.8. The van der Waals surface area contributed by atoms with Crippen LogP contribution in [0.5, 0.6) is 17.2 Å². The number of ether oxygens (including phenoxy) is 2. The van der Waals surface area contributed by atoms with Gasteiger partial charge in [0.2, 0.25) is 0 Å². The number of nitrogens with one attached hydrogen (secondary N) is 2. The predicted octanol–water partition coefficient (Wildman–Crippen LogP) is 5.27. The van der Waals surface area contributed by atoms with E-state index in [1.54, 1.807) is 30.3 Å². The van der Waals surface area contributed by atoms with Crippen LogP contribution < -0.4 is 20.1 Å². The van der Waals surface area contributed by atoms with Crippen LogP contribution in [0.2, 0.25) is 10.0 Å². The van der Waals surface area contributed by atoms with E-state index in [0.29, 0.717) is 38.5 Å². The zero-order valence-corrected chi connectivity index (χ0v) is 19.9. The first-order chi connectivity index (χ1) is 16.8. The Labute approximate surface area is 211 Å². The molecule has 0 aliphatic heterocycles. The van der Waals surface area contributed by atoms with Crippen molar-refractivity contribution in [2.75, 3.05) is 24.4 Å². The molecule has 10 heteroatoms. The average Bonchev–Trinajstić information content (AvgIpc) is 2.85. The van der Waals surface area contributed by atoms with E-state index in [2.05, 4.69) is 10.6 Å². The summed E-state index contributed by atoms with van der Waals surface area (Å²) in [6.45, 7) is -0.301. The Kier molecular flexibility index (Phi) is 8.57. The Morgan fingerprint density at radius 3 is 2.34 bits per heavy atom. The number of amides is 2. The lowest BCUT2D eigenvalue weighted by Gasteiger charge is -2.12. The Morgan fingerprint density at radius 2 is 1.69 bits per heavy atom. The van der Waals surface area contributed by atoms with E-state index in [1.807, 2.05) is 6.07 Å². The molecule has 0 saturated carbocycles. The molecule has 8 nitrogen and oxygen atoms in total. The standard InChI is InChI=1S/C25H19Cl2N3O5/c1-34-23-11-15(10-16(13-28)25(33)30-17-3-6-19(31)7-4-17)2-9-22(23)35-14-24(32)29-18-5-8-20(26)21(27)12-18/h2-12,31H,14H2,1H3,(H,29,32)(H,30,33)/b16-10+. The summed E-state index contributed by atoms with van der Waals surface area (Å²) >= 11 is 11.8. The maximum absolute atomic E-state index is 12.4. The van der Waals surface area contributed by atoms with E-state index < -0.39 is 11.8 Å². The number of anilines is 2. The van der Waals surface area contributed by atoms with Crippen molar-refractivity contribution < 1.29 is 24.2 Å². The number of carbonyl (C=O) groups is 2. The van der Waals surface area contributed by atoms with Crippen molar-refractivity contribution in [2.24, 2.45) is 0 Å². The fraction of sp³-hybridized carbons (Fsp3) is 0.0800. The molecule has 0 aromatic heterocycles. The number of rotatable bonds is 8. The van der Waals surface area contributed by atoms with Gasteiger partial charge >= 0.3 is 0 Å². The van der Waals surface area contributed by atoms with Crippen molar-refractivity contribution in [3.63, 3.8) is 0 Å². The second-order valence-corrected chi connectivity index (χ2v) is 7.86. The molecular weight excluding hydrogens is 493 g/mol. The maximum atomic E-state index is 12.4. The molecule has 3 rings (SSSR count). The van der Waals surface area contributed by atoms with Gasteiger partial charge in [0, 0.05) is 11.4 Å². The molecule has 0 saturated heterocycles. The van der Waals surface area contributed by atoms with E-state index in [1.165, 1.54) is 43.5 Å². The Morgan fingerprint density at radius 1 is 0.971 bits per heavy atom. The van der Waals surface area contributed by atoms with E-state index in [4.69, 9.17) is 32.7 Å². The summed E-state index contributed by atoms with van der Waals surface area (Å²) in [5.41, 5.74) is 1.26. The van der Waals surface area contributed by atoms with Crippen molar-refractivity contribution in [3.05, 3.63) is 81.8 Å². The first-order valence-corrected chi connectivity index (χ1v) is 10.8. The lowest BCUT2D eigenvalue weighted by Crippen LogP contribution is -2.20. The number of methoxy groups -OCH3 is 1. The first-order valence-electron chi connectivity index (χ1n) is 10.1. The van der Waals surface area contributed by atoms with Crippen LogP contribution in [0.3, 0.4) is 0 Å². The lowest BCUT2D eigenvalue weighted by molar-refractivity contribution is -0.118. The molecule has 3 N–H and O–H groups in total. The summed E-state index contributed by atoms with van der Waals surface area (Å²) in [5.74, 6) is -0.387. The van der Waals surface area contributed by atoms with Gasteiger partial charge in [0.05, 0.1) is 17.2 Å². The predicted molar refractivity (Wildman–Crippen MR) is 134 cm³/mol. The summed E-state index contributed by atoms with van der Waals surface area (Å²) in [7, 11) is 1.42. The molecular formula is C25H19Cl2N3O5. The minimum absolute atomic E-state index is 0.0558. The molecule has 178 valence electrons. The number of hydrogen-bond acceptors (Lipinski definition) is 6. The highest BCUT2D eigenvalue weighted by Gasteiger charge is 2.13. The van der Waals surface area contributed by atoms with Crippen LogP contribution in [0, 0.1) is 11.3 Å². The SMILES string of the molecule is COc1cc(/C=C(\C#N)C(=O)Nc2ccc(O)cc2)ccc1OCC(=O)Nc1ccc(Cl)c(Cl)c1. The minimum Gasteiger partial charge on any atom is -0.508 e. The normalized spacial score (nSPS) is 10.7. The second-order valence-electron chi connectivity index (χ2n) is 7.05. The molecule has 35 heavy (non-hydrogen) atoms. The highest BCUT2D eigenvalue weighted by atomic mass is 35.5. The number of nitriles is 1. The number of benzene rings is 3. The zero-order chi connectivity index (χ0) is 25.4. The molecule has 0 bridgehead atoms. The van der Waals surface area contributed by atoms with E-state index in [0.717, 1.165) is 0 Å². The molecule has 0 unspecified atom stereocenters. The fourth-order valence-electron chi connectivity index (χ4n) is 2.87. The number of halogens is 2. The summed E-state index contributed by atoms with van der Waals surface area (Å²) < 4.78 is 10.9. The smallest absolute Gasteiger partial charge is 0.266 e. The van der Waals surface area contributed by atoms with Gasteiger partial charge in [-0.2, -0.15) is 5.26 Å². The van der Waals surface area contributed by atoms with Crippen LogP contribution in [0.25, 0.3) is 6.08 Å². The third-order valence-corrected chi connectivity index (χ3v) is 5.29. The van der Waals surface area contributed by atoms with Crippen molar-refractivity contribution in [1.82, 2.24) is 0 Å². The van der Waals surface area contributed by atoms with Crippen LogP contribution in [0.4, 0.5) is 11.4 Å². The molecule has 0 atom stereocenters. The Balaban J connectivity index is 1.67. The number of phenols is 1. The van der Waals surface area contributed by atoms with Crippen molar-refractivity contribution in [1.29, 1.82) is 5.26 Å². The highest BCUT2D eigenvalue weighted by molar-refractivity contribution is 6.42. The molecule has 3 aromatic carbocycles. The third kappa shape index (κ3) is 7.14. The number of nitrogens with zero attached hydrogens (tertiary/aromatic N) is 1. The van der Waals surface area contributed by atoms with E-state index in [9.17, 15) is 20.0 Å². The molecule has 0 aliphatic rings. The van der Waals surface area contributed by atoms with E-state index in [-0.39, 0.29) is 17.9 Å². The molecule has 0 radical (unpaired) electrons. The fourth-order valence-corrected chi connectivity index (χ4v) is 3.16. The lowest BCUT2D eigenvalue weighted by atomic mass is 10.1. The summed E-state index contributed by atoms with van der Waals surface area (Å²) in [5, 5.41) is 24.7. The molecule has 2 amide bonds.